The Morgan fingerprint density at radius 3 is 2.63 bits per heavy atom. The van der Waals surface area contributed by atoms with Gasteiger partial charge in [0.15, 0.2) is 0 Å². The lowest BCUT2D eigenvalue weighted by Crippen LogP contribution is -2.20. The number of aliphatic hydroxyl groups excluding tert-OH is 1. The molecular formula is C17H26O2. The summed E-state index contributed by atoms with van der Waals surface area (Å²) >= 11 is 0. The lowest BCUT2D eigenvalue weighted by molar-refractivity contribution is 0.201. The van der Waals surface area contributed by atoms with Crippen molar-refractivity contribution in [1.29, 1.82) is 0 Å². The largest absolute Gasteiger partial charge is 0.491 e. The Morgan fingerprint density at radius 2 is 1.95 bits per heavy atom. The number of rotatable bonds is 4. The maximum atomic E-state index is 8.76. The third-order valence-corrected chi connectivity index (χ3v) is 4.53. The second kappa shape index (κ2) is 6.42. The zero-order valence-electron chi connectivity index (χ0n) is 12.2. The van der Waals surface area contributed by atoms with Gasteiger partial charge in [0, 0.05) is 0 Å². The van der Waals surface area contributed by atoms with Crippen LogP contribution in [0.3, 0.4) is 0 Å². The van der Waals surface area contributed by atoms with Crippen LogP contribution < -0.4 is 4.74 Å². The molecule has 2 nitrogen and oxygen atoms in total. The first-order chi connectivity index (χ1) is 9.14. The molecule has 0 aromatic heterocycles. The summed E-state index contributed by atoms with van der Waals surface area (Å²) in [6.45, 7) is 5.21. The van der Waals surface area contributed by atoms with E-state index in [0.29, 0.717) is 12.0 Å². The topological polar surface area (TPSA) is 29.5 Å². The number of hydrogen-bond donors (Lipinski definition) is 1. The van der Waals surface area contributed by atoms with Crippen molar-refractivity contribution in [2.75, 3.05) is 13.2 Å². The van der Waals surface area contributed by atoms with Crippen LogP contribution in [-0.2, 0) is 5.41 Å². The average Bonchev–Trinajstić information content (AvgIpc) is 2.60. The smallest absolute Gasteiger partial charge is 0.119 e. The van der Waals surface area contributed by atoms with E-state index in [1.807, 2.05) is 12.1 Å². The van der Waals surface area contributed by atoms with Gasteiger partial charge in [0.1, 0.15) is 12.4 Å². The lowest BCUT2D eigenvalue weighted by atomic mass is 9.76. The summed E-state index contributed by atoms with van der Waals surface area (Å²) in [6, 6.07) is 8.46. The number of hydrogen-bond acceptors (Lipinski definition) is 2. The maximum absolute atomic E-state index is 8.76. The molecule has 1 aromatic rings. The van der Waals surface area contributed by atoms with Gasteiger partial charge in [0.05, 0.1) is 6.61 Å². The zero-order valence-corrected chi connectivity index (χ0v) is 12.2. The van der Waals surface area contributed by atoms with Crippen molar-refractivity contribution in [1.82, 2.24) is 0 Å². The van der Waals surface area contributed by atoms with Crippen LogP contribution in [0.15, 0.2) is 24.3 Å². The van der Waals surface area contributed by atoms with Gasteiger partial charge in [-0.1, -0.05) is 38.8 Å². The molecule has 1 aliphatic carbocycles. The predicted molar refractivity (Wildman–Crippen MR) is 78.6 cm³/mol. The molecule has 1 N–H and O–H groups in total. The third-order valence-electron chi connectivity index (χ3n) is 4.53. The zero-order chi connectivity index (χ0) is 13.7. The van der Waals surface area contributed by atoms with Gasteiger partial charge < -0.3 is 9.84 Å². The normalized spacial score (nSPS) is 27.8. The molecule has 1 aromatic carbocycles. The molecule has 1 aliphatic rings. The molecule has 2 atom stereocenters. The minimum absolute atomic E-state index is 0.0668. The second-order valence-corrected chi connectivity index (χ2v) is 6.19. The molecule has 0 saturated heterocycles. The summed E-state index contributed by atoms with van der Waals surface area (Å²) < 4.78 is 5.42. The fourth-order valence-corrected chi connectivity index (χ4v) is 3.08. The van der Waals surface area contributed by atoms with E-state index in [2.05, 4.69) is 26.0 Å². The highest BCUT2D eigenvalue weighted by atomic mass is 16.5. The summed E-state index contributed by atoms with van der Waals surface area (Å²) in [5.74, 6) is 1.72. The molecule has 0 bridgehead atoms. The van der Waals surface area contributed by atoms with Crippen molar-refractivity contribution in [2.24, 2.45) is 5.92 Å². The van der Waals surface area contributed by atoms with Crippen LogP contribution in [-0.4, -0.2) is 18.3 Å². The summed E-state index contributed by atoms with van der Waals surface area (Å²) in [6.07, 6.45) is 6.60. The van der Waals surface area contributed by atoms with E-state index in [-0.39, 0.29) is 6.61 Å². The van der Waals surface area contributed by atoms with Crippen molar-refractivity contribution in [2.45, 2.75) is 51.4 Å². The average molecular weight is 262 g/mol. The van der Waals surface area contributed by atoms with Gasteiger partial charge in [-0.15, -0.1) is 0 Å². The van der Waals surface area contributed by atoms with E-state index >= 15 is 0 Å². The van der Waals surface area contributed by atoms with Gasteiger partial charge >= 0.3 is 0 Å². The summed E-state index contributed by atoms with van der Waals surface area (Å²) in [5, 5.41) is 8.76. The van der Waals surface area contributed by atoms with E-state index in [1.165, 1.54) is 37.7 Å². The van der Waals surface area contributed by atoms with Crippen LogP contribution in [0.4, 0.5) is 0 Å². The first-order valence-corrected chi connectivity index (χ1v) is 7.48. The number of benzene rings is 1. The molecule has 1 fully saturated rings. The summed E-state index contributed by atoms with van der Waals surface area (Å²) in [5.41, 5.74) is 1.75. The van der Waals surface area contributed by atoms with Gasteiger partial charge in [-0.3, -0.25) is 0 Å². The van der Waals surface area contributed by atoms with Crippen molar-refractivity contribution in [3.8, 4) is 5.75 Å². The van der Waals surface area contributed by atoms with E-state index in [0.717, 1.165) is 11.7 Å². The van der Waals surface area contributed by atoms with Gasteiger partial charge in [-0.05, 0) is 48.3 Å². The lowest BCUT2D eigenvalue weighted by Gasteiger charge is -2.29. The molecular weight excluding hydrogens is 236 g/mol. The Morgan fingerprint density at radius 1 is 1.21 bits per heavy atom. The molecule has 0 amide bonds. The van der Waals surface area contributed by atoms with Gasteiger partial charge in [-0.2, -0.15) is 0 Å². The molecule has 106 valence electrons. The van der Waals surface area contributed by atoms with E-state index in [9.17, 15) is 0 Å². The van der Waals surface area contributed by atoms with Gasteiger partial charge in [-0.25, -0.2) is 0 Å². The molecule has 0 spiro atoms. The highest BCUT2D eigenvalue weighted by molar-refractivity contribution is 5.32. The van der Waals surface area contributed by atoms with Crippen LogP contribution in [0.5, 0.6) is 5.75 Å². The van der Waals surface area contributed by atoms with Crippen LogP contribution in [0.2, 0.25) is 0 Å². The van der Waals surface area contributed by atoms with E-state index in [1.54, 1.807) is 0 Å². The van der Waals surface area contributed by atoms with Crippen LogP contribution >= 0.6 is 0 Å². The minimum atomic E-state index is 0.0668. The first-order valence-electron chi connectivity index (χ1n) is 7.48. The molecule has 2 rings (SSSR count). The molecule has 0 aliphatic heterocycles. The summed E-state index contributed by atoms with van der Waals surface area (Å²) in [4.78, 5) is 0. The Hall–Kier alpha value is -1.02. The van der Waals surface area contributed by atoms with E-state index in [4.69, 9.17) is 9.84 Å². The quantitative estimate of drug-likeness (QED) is 0.833. The van der Waals surface area contributed by atoms with Crippen LogP contribution in [0.1, 0.15) is 51.5 Å². The Balaban J connectivity index is 2.07. The fraction of sp³-hybridized carbons (Fsp3) is 0.647. The highest BCUT2D eigenvalue weighted by Crippen LogP contribution is 2.39. The molecule has 19 heavy (non-hydrogen) atoms. The monoisotopic (exact) mass is 262 g/mol. The third kappa shape index (κ3) is 3.73. The van der Waals surface area contributed by atoms with E-state index < -0.39 is 0 Å². The second-order valence-electron chi connectivity index (χ2n) is 6.19. The van der Waals surface area contributed by atoms with Gasteiger partial charge in [0.25, 0.3) is 0 Å². The first kappa shape index (κ1) is 14.4. The van der Waals surface area contributed by atoms with Crippen LogP contribution in [0.25, 0.3) is 0 Å². The molecule has 1 saturated carbocycles. The van der Waals surface area contributed by atoms with Crippen LogP contribution in [0, 0.1) is 5.92 Å². The predicted octanol–water partition coefficient (Wildman–Crippen LogP) is 3.92. The Bertz CT molecular complexity index is 385. The summed E-state index contributed by atoms with van der Waals surface area (Å²) in [7, 11) is 0. The van der Waals surface area contributed by atoms with Crippen molar-refractivity contribution in [3.05, 3.63) is 29.8 Å². The Labute approximate surface area is 116 Å². The fourth-order valence-electron chi connectivity index (χ4n) is 3.08. The van der Waals surface area contributed by atoms with Crippen molar-refractivity contribution >= 4 is 0 Å². The molecule has 0 heterocycles. The molecule has 2 heteroatoms. The number of ether oxygens (including phenoxy) is 1. The SMILES string of the molecule is C[C@@H]1CCCC(C)(c2ccc(OCCO)cc2)CC1. The Kier molecular flexibility index (Phi) is 4.87. The standard InChI is InChI=1S/C17H26O2/c1-14-4-3-10-17(2,11-9-14)15-5-7-16(8-6-15)19-13-12-18/h5-8,14,18H,3-4,9-13H2,1-2H3/t14-,17?/m1/s1. The van der Waals surface area contributed by atoms with Gasteiger partial charge in [0.2, 0.25) is 0 Å². The highest BCUT2D eigenvalue weighted by Gasteiger charge is 2.29. The minimum Gasteiger partial charge on any atom is -0.491 e. The van der Waals surface area contributed by atoms with Crippen molar-refractivity contribution < 1.29 is 9.84 Å². The molecule has 0 radical (unpaired) electrons. The number of aliphatic hydroxyl groups is 1. The maximum Gasteiger partial charge on any atom is 0.119 e. The van der Waals surface area contributed by atoms with Crippen molar-refractivity contribution in [3.63, 3.8) is 0 Å². The molecule has 1 unspecified atom stereocenters.